The summed E-state index contributed by atoms with van der Waals surface area (Å²) >= 11 is 0. The molecule has 1 unspecified atom stereocenters. The predicted molar refractivity (Wildman–Crippen MR) is 39.1 cm³/mol. The van der Waals surface area contributed by atoms with Gasteiger partial charge in [-0.3, -0.25) is 0 Å². The monoisotopic (exact) mass is 146 g/mol. The van der Waals surface area contributed by atoms with Crippen molar-refractivity contribution in [2.24, 2.45) is 11.7 Å². The van der Waals surface area contributed by atoms with E-state index in [1.807, 2.05) is 6.07 Å². The van der Waals surface area contributed by atoms with Gasteiger partial charge in [-0.15, -0.1) is 0 Å². The number of hydrogen-bond acceptors (Lipinski definition) is 2. The Morgan fingerprint density at radius 1 is 1.73 bits per heavy atom. The van der Waals surface area contributed by atoms with Gasteiger partial charge in [0.15, 0.2) is 5.92 Å². The molecular weight excluding hydrogens is 140 g/mol. The Kier molecular flexibility index (Phi) is 1.86. The summed E-state index contributed by atoms with van der Waals surface area (Å²) < 4.78 is 0. The van der Waals surface area contributed by atoms with E-state index in [-0.39, 0.29) is 5.71 Å². The van der Waals surface area contributed by atoms with Gasteiger partial charge < -0.3 is 11.3 Å². The van der Waals surface area contributed by atoms with Crippen LogP contribution < -0.4 is 5.73 Å². The minimum Gasteiger partial charge on any atom is -0.399 e. The van der Waals surface area contributed by atoms with Gasteiger partial charge in [0.2, 0.25) is 0 Å². The van der Waals surface area contributed by atoms with Crippen LogP contribution in [0.4, 0.5) is 0 Å². The molecule has 1 atom stereocenters. The molecule has 0 saturated carbocycles. The highest BCUT2D eigenvalue weighted by atomic mass is 14.9. The van der Waals surface area contributed by atoms with E-state index in [0.717, 1.165) is 0 Å². The van der Waals surface area contributed by atoms with Crippen LogP contribution in [0, 0.1) is 17.2 Å². The fraction of sp³-hybridized carbons (Fsp3) is 0.143. The molecule has 0 radical (unpaired) electrons. The van der Waals surface area contributed by atoms with Crippen molar-refractivity contribution >= 4 is 5.71 Å². The van der Waals surface area contributed by atoms with Crippen molar-refractivity contribution in [1.82, 2.24) is 0 Å². The highest BCUT2D eigenvalue weighted by Crippen LogP contribution is 2.08. The van der Waals surface area contributed by atoms with Crippen LogP contribution in [0.5, 0.6) is 0 Å². The lowest BCUT2D eigenvalue weighted by Gasteiger charge is -2.00. The first-order chi connectivity index (χ1) is 5.27. The van der Waals surface area contributed by atoms with E-state index in [1.165, 1.54) is 6.08 Å². The molecule has 1 rings (SSSR count). The molecule has 0 aromatic rings. The molecule has 0 aromatic heterocycles. The maximum Gasteiger partial charge on any atom is 0.314 e. The summed E-state index contributed by atoms with van der Waals surface area (Å²) in [5.74, 6) is -0.479. The third kappa shape index (κ3) is 1.34. The van der Waals surface area contributed by atoms with E-state index in [4.69, 9.17) is 16.5 Å². The molecule has 1 aliphatic carbocycles. The molecule has 0 spiro atoms. The Hall–Kier alpha value is -1.85. The van der Waals surface area contributed by atoms with E-state index in [1.54, 1.807) is 12.2 Å². The van der Waals surface area contributed by atoms with Gasteiger partial charge in [0.1, 0.15) is 0 Å². The van der Waals surface area contributed by atoms with Crippen LogP contribution in [0.25, 0.3) is 5.53 Å². The van der Waals surface area contributed by atoms with Crippen LogP contribution in [-0.2, 0) is 0 Å². The van der Waals surface area contributed by atoms with Crippen LogP contribution >= 0.6 is 0 Å². The fourth-order valence-electron chi connectivity index (χ4n) is 0.815. The fourth-order valence-corrected chi connectivity index (χ4v) is 0.815. The zero-order valence-electron chi connectivity index (χ0n) is 5.73. The van der Waals surface area contributed by atoms with Gasteiger partial charge in [-0.05, 0) is 6.08 Å². The van der Waals surface area contributed by atoms with Crippen LogP contribution in [0.2, 0.25) is 0 Å². The minimum absolute atomic E-state index is 0.285. The molecule has 11 heavy (non-hydrogen) atoms. The summed E-state index contributed by atoms with van der Waals surface area (Å²) in [5, 5.41) is 8.52. The average Bonchev–Trinajstić information content (AvgIpc) is 2.04. The smallest absolute Gasteiger partial charge is 0.314 e. The van der Waals surface area contributed by atoms with E-state index < -0.39 is 5.92 Å². The molecule has 1 aliphatic rings. The van der Waals surface area contributed by atoms with Gasteiger partial charge in [0, 0.05) is 11.8 Å². The van der Waals surface area contributed by atoms with Gasteiger partial charge in [-0.2, -0.15) is 10.1 Å². The lowest BCUT2D eigenvalue weighted by molar-refractivity contribution is -0.00758. The largest absolute Gasteiger partial charge is 0.399 e. The number of nitrogens with two attached hydrogens (primary N) is 1. The number of rotatable bonds is 0. The lowest BCUT2D eigenvalue weighted by Crippen LogP contribution is -2.15. The highest BCUT2D eigenvalue weighted by molar-refractivity contribution is 5.97. The Balaban J connectivity index is 3.05. The van der Waals surface area contributed by atoms with Gasteiger partial charge in [-0.25, -0.2) is 0 Å². The normalized spacial score (nSPS) is 21.9. The first-order valence-corrected chi connectivity index (χ1v) is 3.05. The molecule has 2 N–H and O–H groups in total. The number of nitrogens with zero attached hydrogens (tertiary/aromatic N) is 3. The van der Waals surface area contributed by atoms with Gasteiger partial charge in [0.25, 0.3) is 0 Å². The summed E-state index contributed by atoms with van der Waals surface area (Å²) in [6.07, 6.45) is 4.67. The lowest BCUT2D eigenvalue weighted by atomic mass is 9.99. The Labute approximate surface area is 63.9 Å². The zero-order valence-corrected chi connectivity index (χ0v) is 5.73. The van der Waals surface area contributed by atoms with Crippen molar-refractivity contribution in [3.05, 3.63) is 29.5 Å². The zero-order chi connectivity index (χ0) is 8.27. The van der Waals surface area contributed by atoms with E-state index in [2.05, 4.69) is 4.79 Å². The molecular formula is C7H6N4. The van der Waals surface area contributed by atoms with Crippen molar-refractivity contribution < 1.29 is 4.79 Å². The number of allylic oxidation sites excluding steroid dienone is 3. The standard InChI is InChI=1S/C7H6N4/c8-4-5-1-2-6(9)3-7(5)11-10/h1-3,5H,9H2. The third-order valence-electron chi connectivity index (χ3n) is 1.37. The summed E-state index contributed by atoms with van der Waals surface area (Å²) in [6, 6.07) is 1.95. The maximum atomic E-state index is 8.52. The molecule has 4 heteroatoms. The molecule has 0 heterocycles. The quantitative estimate of drug-likeness (QED) is 0.391. The molecule has 54 valence electrons. The molecule has 0 amide bonds. The summed E-state index contributed by atoms with van der Waals surface area (Å²) in [7, 11) is 0. The molecule has 0 fully saturated rings. The van der Waals surface area contributed by atoms with Crippen molar-refractivity contribution in [2.45, 2.75) is 0 Å². The second-order valence-electron chi connectivity index (χ2n) is 2.14. The molecule has 4 nitrogen and oxygen atoms in total. The van der Waals surface area contributed by atoms with Crippen LogP contribution in [-0.4, -0.2) is 10.5 Å². The third-order valence-corrected chi connectivity index (χ3v) is 1.37. The van der Waals surface area contributed by atoms with Crippen molar-refractivity contribution in [3.8, 4) is 6.07 Å². The van der Waals surface area contributed by atoms with Crippen molar-refractivity contribution in [2.75, 3.05) is 0 Å². The minimum atomic E-state index is -0.479. The molecule has 0 aromatic carbocycles. The Morgan fingerprint density at radius 2 is 2.45 bits per heavy atom. The van der Waals surface area contributed by atoms with Gasteiger partial charge in [0.05, 0.1) is 6.07 Å². The molecule has 0 aliphatic heterocycles. The van der Waals surface area contributed by atoms with Crippen molar-refractivity contribution in [1.29, 1.82) is 5.26 Å². The Morgan fingerprint density at radius 3 is 3.00 bits per heavy atom. The van der Waals surface area contributed by atoms with Gasteiger partial charge >= 0.3 is 5.71 Å². The van der Waals surface area contributed by atoms with Crippen LogP contribution in [0.15, 0.2) is 23.9 Å². The van der Waals surface area contributed by atoms with E-state index in [0.29, 0.717) is 5.70 Å². The second kappa shape index (κ2) is 2.82. The van der Waals surface area contributed by atoms with Gasteiger partial charge in [-0.1, -0.05) is 6.08 Å². The first kappa shape index (κ1) is 7.26. The maximum absolute atomic E-state index is 8.52. The topological polar surface area (TPSA) is 86.2 Å². The van der Waals surface area contributed by atoms with E-state index in [9.17, 15) is 0 Å². The highest BCUT2D eigenvalue weighted by Gasteiger charge is 2.20. The van der Waals surface area contributed by atoms with Crippen LogP contribution in [0.1, 0.15) is 0 Å². The number of nitriles is 1. The summed E-state index contributed by atoms with van der Waals surface area (Å²) in [6.45, 7) is 0. The summed E-state index contributed by atoms with van der Waals surface area (Å²) in [5.41, 5.74) is 14.6. The average molecular weight is 146 g/mol. The second-order valence-corrected chi connectivity index (χ2v) is 2.14. The van der Waals surface area contributed by atoms with E-state index >= 15 is 0 Å². The predicted octanol–water partition coefficient (Wildman–Crippen LogP) is 0.209. The summed E-state index contributed by atoms with van der Waals surface area (Å²) in [4.78, 5) is 2.94. The molecule has 0 saturated heterocycles. The number of hydrogen-bond donors (Lipinski definition) is 1. The SMILES string of the molecule is N#CC1C=CC(N)=CC1=[N+]=[N-]. The Bertz CT molecular complexity index is 312. The van der Waals surface area contributed by atoms with Crippen molar-refractivity contribution in [3.63, 3.8) is 0 Å². The van der Waals surface area contributed by atoms with Crippen LogP contribution in [0.3, 0.4) is 0 Å². The molecule has 0 bridgehead atoms. The first-order valence-electron chi connectivity index (χ1n) is 3.05.